The first kappa shape index (κ1) is 10.2. The predicted molar refractivity (Wildman–Crippen MR) is 67.8 cm³/mol. The normalized spacial score (nSPS) is 17.9. The van der Waals surface area contributed by atoms with E-state index in [-0.39, 0.29) is 5.54 Å². The number of rotatable bonds is 3. The van der Waals surface area contributed by atoms with E-state index in [1.165, 1.54) is 18.4 Å². The molecule has 1 fully saturated rings. The number of nitrogens with one attached hydrogen (secondary N) is 1. The Labute approximate surface area is 99.8 Å². The fourth-order valence-electron chi connectivity index (χ4n) is 2.13. The summed E-state index contributed by atoms with van der Waals surface area (Å²) in [5, 5.41) is 1.93. The molecule has 1 aromatic heterocycles. The number of nitrogens with two attached hydrogens (primary N) is 1. The maximum atomic E-state index is 6.22. The molecule has 0 spiro atoms. The van der Waals surface area contributed by atoms with Crippen LogP contribution in [-0.4, -0.2) is 10.5 Å². The summed E-state index contributed by atoms with van der Waals surface area (Å²) in [6, 6.07) is 6.24. The van der Waals surface area contributed by atoms with E-state index in [0.717, 1.165) is 28.8 Å². The van der Waals surface area contributed by atoms with Crippen LogP contribution < -0.4 is 5.73 Å². The maximum Gasteiger partial charge on any atom is 0.0502 e. The molecule has 1 aliphatic rings. The SMILES string of the molecule is NC1(CCc2cc(Cl)c3cc[nH]c3c2)CC1. The van der Waals surface area contributed by atoms with Crippen LogP contribution in [0.3, 0.4) is 0 Å². The number of aromatic nitrogens is 1. The molecular formula is C13H15ClN2. The van der Waals surface area contributed by atoms with Crippen LogP contribution in [0.4, 0.5) is 0 Å². The van der Waals surface area contributed by atoms with Crippen LogP contribution in [0.2, 0.25) is 5.02 Å². The number of aromatic amines is 1. The smallest absolute Gasteiger partial charge is 0.0502 e. The zero-order valence-electron chi connectivity index (χ0n) is 9.09. The van der Waals surface area contributed by atoms with Gasteiger partial charge in [0.25, 0.3) is 0 Å². The van der Waals surface area contributed by atoms with Crippen molar-refractivity contribution in [1.29, 1.82) is 0 Å². The van der Waals surface area contributed by atoms with Crippen molar-refractivity contribution in [2.45, 2.75) is 31.2 Å². The third-order valence-electron chi connectivity index (χ3n) is 3.48. The minimum atomic E-state index is 0.122. The second-order valence-corrected chi connectivity index (χ2v) is 5.29. The lowest BCUT2D eigenvalue weighted by atomic mass is 10.0. The van der Waals surface area contributed by atoms with Gasteiger partial charge in [-0.2, -0.15) is 0 Å². The number of hydrogen-bond donors (Lipinski definition) is 2. The molecule has 0 unspecified atom stereocenters. The predicted octanol–water partition coefficient (Wildman–Crippen LogP) is 3.25. The lowest BCUT2D eigenvalue weighted by Gasteiger charge is -2.08. The number of benzene rings is 1. The fourth-order valence-corrected chi connectivity index (χ4v) is 2.43. The summed E-state index contributed by atoms with van der Waals surface area (Å²) in [6.07, 6.45) is 6.35. The van der Waals surface area contributed by atoms with E-state index in [0.29, 0.717) is 0 Å². The van der Waals surface area contributed by atoms with Gasteiger partial charge in [-0.25, -0.2) is 0 Å². The zero-order valence-corrected chi connectivity index (χ0v) is 9.85. The average molecular weight is 235 g/mol. The van der Waals surface area contributed by atoms with Crippen LogP contribution in [-0.2, 0) is 6.42 Å². The standard InChI is InChI=1S/C13H15ClN2/c14-11-7-9(1-3-13(15)4-5-13)8-12-10(11)2-6-16-12/h2,6-8,16H,1,3-5,15H2. The first-order chi connectivity index (χ1) is 7.66. The van der Waals surface area contributed by atoms with Crippen LogP contribution in [0.5, 0.6) is 0 Å². The van der Waals surface area contributed by atoms with Gasteiger partial charge in [-0.1, -0.05) is 11.6 Å². The van der Waals surface area contributed by atoms with Crippen LogP contribution >= 0.6 is 11.6 Å². The Morgan fingerprint density at radius 1 is 1.38 bits per heavy atom. The van der Waals surface area contributed by atoms with Gasteiger partial charge in [0.05, 0.1) is 5.02 Å². The maximum absolute atomic E-state index is 6.22. The molecule has 0 bridgehead atoms. The van der Waals surface area contributed by atoms with Crippen molar-refractivity contribution >= 4 is 22.5 Å². The van der Waals surface area contributed by atoms with Crippen LogP contribution in [0.15, 0.2) is 24.4 Å². The molecule has 2 nitrogen and oxygen atoms in total. The van der Waals surface area contributed by atoms with Crippen molar-refractivity contribution in [2.75, 3.05) is 0 Å². The van der Waals surface area contributed by atoms with E-state index in [1.54, 1.807) is 0 Å². The Morgan fingerprint density at radius 2 is 2.19 bits per heavy atom. The second-order valence-electron chi connectivity index (χ2n) is 4.88. The molecule has 1 heterocycles. The first-order valence-corrected chi connectivity index (χ1v) is 6.09. The minimum Gasteiger partial charge on any atom is -0.361 e. The highest BCUT2D eigenvalue weighted by atomic mass is 35.5. The molecule has 1 aromatic carbocycles. The molecule has 3 rings (SSSR count). The van der Waals surface area contributed by atoms with Gasteiger partial charge in [0, 0.05) is 22.6 Å². The van der Waals surface area contributed by atoms with Gasteiger partial charge in [-0.15, -0.1) is 0 Å². The lowest BCUT2D eigenvalue weighted by molar-refractivity contribution is 0.609. The molecule has 84 valence electrons. The molecular weight excluding hydrogens is 220 g/mol. The molecule has 0 saturated heterocycles. The number of H-pyrrole nitrogens is 1. The number of hydrogen-bond acceptors (Lipinski definition) is 1. The molecule has 1 saturated carbocycles. The van der Waals surface area contributed by atoms with Crippen molar-refractivity contribution in [3.63, 3.8) is 0 Å². The summed E-state index contributed by atoms with van der Waals surface area (Å²) in [6.45, 7) is 0. The lowest BCUT2D eigenvalue weighted by Crippen LogP contribution is -2.22. The molecule has 2 aromatic rings. The van der Waals surface area contributed by atoms with Gasteiger partial charge in [0.2, 0.25) is 0 Å². The Bertz CT molecular complexity index is 526. The highest BCUT2D eigenvalue weighted by Crippen LogP contribution is 2.37. The molecule has 3 N–H and O–H groups in total. The highest BCUT2D eigenvalue weighted by molar-refractivity contribution is 6.35. The van der Waals surface area contributed by atoms with E-state index >= 15 is 0 Å². The number of halogens is 1. The van der Waals surface area contributed by atoms with Gasteiger partial charge in [-0.3, -0.25) is 0 Å². The fraction of sp³-hybridized carbons (Fsp3) is 0.385. The van der Waals surface area contributed by atoms with Gasteiger partial charge >= 0.3 is 0 Å². The van der Waals surface area contributed by atoms with E-state index < -0.39 is 0 Å². The summed E-state index contributed by atoms with van der Waals surface area (Å²) in [5.74, 6) is 0. The Hall–Kier alpha value is -0.990. The van der Waals surface area contributed by atoms with Gasteiger partial charge < -0.3 is 10.7 Å². The summed E-state index contributed by atoms with van der Waals surface area (Å²) in [7, 11) is 0. The van der Waals surface area contributed by atoms with E-state index in [1.807, 2.05) is 12.3 Å². The van der Waals surface area contributed by atoms with Crippen molar-refractivity contribution < 1.29 is 0 Å². The van der Waals surface area contributed by atoms with Crippen molar-refractivity contribution in [3.05, 3.63) is 35.0 Å². The Morgan fingerprint density at radius 3 is 2.94 bits per heavy atom. The summed E-state index contributed by atoms with van der Waals surface area (Å²) >= 11 is 6.22. The van der Waals surface area contributed by atoms with E-state index in [9.17, 15) is 0 Å². The molecule has 3 heteroatoms. The largest absolute Gasteiger partial charge is 0.361 e. The van der Waals surface area contributed by atoms with Gasteiger partial charge in [0.1, 0.15) is 0 Å². The zero-order chi connectivity index (χ0) is 11.2. The molecule has 0 amide bonds. The summed E-state index contributed by atoms with van der Waals surface area (Å²) < 4.78 is 0. The molecule has 16 heavy (non-hydrogen) atoms. The van der Waals surface area contributed by atoms with Gasteiger partial charge in [-0.05, 0) is 49.4 Å². The van der Waals surface area contributed by atoms with Crippen molar-refractivity contribution in [3.8, 4) is 0 Å². The van der Waals surface area contributed by atoms with E-state index in [4.69, 9.17) is 17.3 Å². The summed E-state index contributed by atoms with van der Waals surface area (Å²) in [4.78, 5) is 3.20. The highest BCUT2D eigenvalue weighted by Gasteiger charge is 2.37. The van der Waals surface area contributed by atoms with Crippen LogP contribution in [0, 0.1) is 0 Å². The van der Waals surface area contributed by atoms with Crippen molar-refractivity contribution in [1.82, 2.24) is 4.98 Å². The minimum absolute atomic E-state index is 0.122. The van der Waals surface area contributed by atoms with E-state index in [2.05, 4.69) is 17.1 Å². The quantitative estimate of drug-likeness (QED) is 0.841. The monoisotopic (exact) mass is 234 g/mol. The Balaban J connectivity index is 1.86. The molecule has 0 aliphatic heterocycles. The molecule has 0 atom stereocenters. The number of aryl methyl sites for hydroxylation is 1. The molecule has 0 radical (unpaired) electrons. The molecule has 1 aliphatic carbocycles. The Kier molecular flexibility index (Phi) is 2.23. The topological polar surface area (TPSA) is 41.8 Å². The average Bonchev–Trinajstić information content (AvgIpc) is 2.79. The second kappa shape index (κ2) is 3.51. The van der Waals surface area contributed by atoms with Crippen LogP contribution in [0.25, 0.3) is 10.9 Å². The third-order valence-corrected chi connectivity index (χ3v) is 3.79. The van der Waals surface area contributed by atoms with Crippen molar-refractivity contribution in [2.24, 2.45) is 5.73 Å². The summed E-state index contributed by atoms with van der Waals surface area (Å²) in [5.41, 5.74) is 8.60. The third kappa shape index (κ3) is 1.83. The first-order valence-electron chi connectivity index (χ1n) is 5.71. The van der Waals surface area contributed by atoms with Gasteiger partial charge in [0.15, 0.2) is 0 Å². The van der Waals surface area contributed by atoms with Crippen LogP contribution in [0.1, 0.15) is 24.8 Å². The number of fused-ring (bicyclic) bond motifs is 1.